The van der Waals surface area contributed by atoms with Gasteiger partial charge in [0.15, 0.2) is 11.8 Å². The van der Waals surface area contributed by atoms with E-state index in [2.05, 4.69) is 25.8 Å². The monoisotopic (exact) mass is 394 g/mol. The van der Waals surface area contributed by atoms with Crippen LogP contribution in [0.5, 0.6) is 11.5 Å². The van der Waals surface area contributed by atoms with Crippen LogP contribution in [-0.2, 0) is 13.1 Å². The van der Waals surface area contributed by atoms with Crippen LogP contribution in [0.25, 0.3) is 5.69 Å². The van der Waals surface area contributed by atoms with Gasteiger partial charge < -0.3 is 20.1 Å². The second kappa shape index (κ2) is 10.1. The second-order valence-corrected chi connectivity index (χ2v) is 6.18. The lowest BCUT2D eigenvalue weighted by molar-refractivity contribution is 0.391. The summed E-state index contributed by atoms with van der Waals surface area (Å²) in [6.45, 7) is 3.73. The number of hydrogen-bond donors (Lipinski definition) is 2. The molecule has 3 aromatic rings. The number of aromatic nitrogens is 3. The van der Waals surface area contributed by atoms with E-state index in [9.17, 15) is 0 Å². The molecule has 152 valence electrons. The molecular weight excluding hydrogens is 368 g/mol. The first kappa shape index (κ1) is 20.2. The molecule has 0 unspecified atom stereocenters. The molecule has 0 saturated heterocycles. The zero-order valence-electron chi connectivity index (χ0n) is 16.9. The minimum Gasteiger partial charge on any atom is -0.497 e. The molecule has 0 aliphatic heterocycles. The number of hydrogen-bond acceptors (Lipinski definition) is 5. The van der Waals surface area contributed by atoms with Crippen LogP contribution in [0.4, 0.5) is 0 Å². The Bertz CT molecular complexity index is 939. The van der Waals surface area contributed by atoms with Crippen molar-refractivity contribution in [3.8, 4) is 17.2 Å². The van der Waals surface area contributed by atoms with Gasteiger partial charge in [-0.3, -0.25) is 4.57 Å². The third kappa shape index (κ3) is 5.25. The quantitative estimate of drug-likeness (QED) is 0.451. The number of nitrogens with zero attached hydrogens (tertiary/aromatic N) is 4. The van der Waals surface area contributed by atoms with Crippen LogP contribution in [0.1, 0.15) is 18.3 Å². The van der Waals surface area contributed by atoms with Crippen LogP contribution in [0, 0.1) is 0 Å². The summed E-state index contributed by atoms with van der Waals surface area (Å²) in [5.41, 5.74) is 1.98. The maximum absolute atomic E-state index is 5.45. The third-order valence-electron chi connectivity index (χ3n) is 4.31. The predicted octanol–water partition coefficient (Wildman–Crippen LogP) is 2.54. The fraction of sp³-hybridized carbons (Fsp3) is 0.286. The van der Waals surface area contributed by atoms with Crippen LogP contribution < -0.4 is 20.1 Å². The molecule has 8 nitrogen and oxygen atoms in total. The van der Waals surface area contributed by atoms with Crippen molar-refractivity contribution < 1.29 is 9.47 Å². The van der Waals surface area contributed by atoms with E-state index in [1.165, 1.54) is 0 Å². The number of nitrogens with one attached hydrogen (secondary N) is 2. The molecule has 2 N–H and O–H groups in total. The summed E-state index contributed by atoms with van der Waals surface area (Å²) in [5, 5.41) is 14.8. The fourth-order valence-electron chi connectivity index (χ4n) is 2.83. The molecule has 0 aliphatic carbocycles. The SMILES string of the molecule is CCNC(=NCc1ccc(OC)cc1OC)NCc1nncn1-c1ccccc1. The summed E-state index contributed by atoms with van der Waals surface area (Å²) in [7, 11) is 3.27. The first-order valence-electron chi connectivity index (χ1n) is 9.42. The van der Waals surface area contributed by atoms with Crippen LogP contribution in [0.15, 0.2) is 59.9 Å². The van der Waals surface area contributed by atoms with Gasteiger partial charge in [-0.15, -0.1) is 10.2 Å². The van der Waals surface area contributed by atoms with E-state index in [0.29, 0.717) is 19.0 Å². The molecule has 0 atom stereocenters. The highest BCUT2D eigenvalue weighted by Crippen LogP contribution is 2.25. The van der Waals surface area contributed by atoms with Crippen LogP contribution in [0.2, 0.25) is 0 Å². The summed E-state index contributed by atoms with van der Waals surface area (Å²) < 4.78 is 12.6. The lowest BCUT2D eigenvalue weighted by atomic mass is 10.2. The standard InChI is InChI=1S/C21H26N6O2/c1-4-22-21(23-13-16-10-11-18(28-2)12-19(16)29-3)24-14-20-26-25-15-27(20)17-8-6-5-7-9-17/h5-12,15H,4,13-14H2,1-3H3,(H2,22,23,24). The molecule has 0 saturated carbocycles. The van der Waals surface area contributed by atoms with Crippen LogP contribution in [0.3, 0.4) is 0 Å². The van der Waals surface area contributed by atoms with E-state index >= 15 is 0 Å². The molecule has 0 fully saturated rings. The van der Waals surface area contributed by atoms with Gasteiger partial charge in [0.25, 0.3) is 0 Å². The average molecular weight is 394 g/mol. The van der Waals surface area contributed by atoms with Crippen molar-refractivity contribution in [2.45, 2.75) is 20.0 Å². The molecule has 0 aliphatic rings. The number of aliphatic imine (C=N–C) groups is 1. The minimum atomic E-state index is 0.466. The molecule has 3 rings (SSSR count). The van der Waals surface area contributed by atoms with Gasteiger partial charge in [0, 0.05) is 23.9 Å². The highest BCUT2D eigenvalue weighted by Gasteiger charge is 2.08. The van der Waals surface area contributed by atoms with Crippen molar-refractivity contribution in [3.05, 3.63) is 66.2 Å². The molecular formula is C21H26N6O2. The topological polar surface area (TPSA) is 85.6 Å². The highest BCUT2D eigenvalue weighted by atomic mass is 16.5. The Balaban J connectivity index is 1.71. The van der Waals surface area contributed by atoms with E-state index in [-0.39, 0.29) is 0 Å². The first-order valence-corrected chi connectivity index (χ1v) is 9.42. The summed E-state index contributed by atoms with van der Waals surface area (Å²) in [5.74, 6) is 2.98. The maximum Gasteiger partial charge on any atom is 0.191 e. The number of rotatable bonds is 8. The maximum atomic E-state index is 5.45. The molecule has 1 aromatic heterocycles. The van der Waals surface area contributed by atoms with E-state index in [1.807, 2.05) is 60.0 Å². The van der Waals surface area contributed by atoms with Crippen molar-refractivity contribution in [2.75, 3.05) is 20.8 Å². The van der Waals surface area contributed by atoms with E-state index in [1.54, 1.807) is 20.5 Å². The summed E-state index contributed by atoms with van der Waals surface area (Å²) in [4.78, 5) is 4.67. The fourth-order valence-corrected chi connectivity index (χ4v) is 2.83. The third-order valence-corrected chi connectivity index (χ3v) is 4.31. The van der Waals surface area contributed by atoms with Gasteiger partial charge in [0.2, 0.25) is 0 Å². The average Bonchev–Trinajstić information content (AvgIpc) is 3.24. The Morgan fingerprint density at radius 3 is 2.62 bits per heavy atom. The van der Waals surface area contributed by atoms with Crippen molar-refractivity contribution in [2.24, 2.45) is 4.99 Å². The van der Waals surface area contributed by atoms with E-state index in [4.69, 9.17) is 9.47 Å². The summed E-state index contributed by atoms with van der Waals surface area (Å²) in [6.07, 6.45) is 1.71. The van der Waals surface area contributed by atoms with E-state index in [0.717, 1.165) is 35.1 Å². The Labute approximate surface area is 170 Å². The normalized spacial score (nSPS) is 11.2. The number of methoxy groups -OCH3 is 2. The number of benzene rings is 2. The molecule has 0 spiro atoms. The lowest BCUT2D eigenvalue weighted by Gasteiger charge is -2.13. The van der Waals surface area contributed by atoms with Gasteiger partial charge in [0.05, 0.1) is 27.3 Å². The Kier molecular flexibility index (Phi) is 7.05. The van der Waals surface area contributed by atoms with Gasteiger partial charge >= 0.3 is 0 Å². The van der Waals surface area contributed by atoms with Crippen molar-refractivity contribution >= 4 is 5.96 Å². The molecule has 29 heavy (non-hydrogen) atoms. The number of para-hydroxylation sites is 1. The van der Waals surface area contributed by atoms with Crippen molar-refractivity contribution in [1.29, 1.82) is 0 Å². The van der Waals surface area contributed by atoms with Crippen LogP contribution >= 0.6 is 0 Å². The van der Waals surface area contributed by atoms with Gasteiger partial charge in [0.1, 0.15) is 17.8 Å². The smallest absolute Gasteiger partial charge is 0.191 e. The molecule has 8 heteroatoms. The Morgan fingerprint density at radius 2 is 1.90 bits per heavy atom. The Morgan fingerprint density at radius 1 is 1.07 bits per heavy atom. The van der Waals surface area contributed by atoms with Gasteiger partial charge in [-0.1, -0.05) is 18.2 Å². The first-order chi connectivity index (χ1) is 14.2. The molecule has 0 bridgehead atoms. The summed E-state index contributed by atoms with van der Waals surface area (Å²) >= 11 is 0. The van der Waals surface area contributed by atoms with Crippen LogP contribution in [-0.4, -0.2) is 41.5 Å². The number of ether oxygens (including phenoxy) is 2. The largest absolute Gasteiger partial charge is 0.497 e. The van der Waals surface area contributed by atoms with E-state index < -0.39 is 0 Å². The van der Waals surface area contributed by atoms with Crippen molar-refractivity contribution in [1.82, 2.24) is 25.4 Å². The zero-order chi connectivity index (χ0) is 20.5. The molecule has 0 amide bonds. The predicted molar refractivity (Wildman–Crippen MR) is 113 cm³/mol. The second-order valence-electron chi connectivity index (χ2n) is 6.18. The number of guanidine groups is 1. The highest BCUT2D eigenvalue weighted by molar-refractivity contribution is 5.79. The van der Waals surface area contributed by atoms with Gasteiger partial charge in [-0.05, 0) is 31.2 Å². The minimum absolute atomic E-state index is 0.466. The lowest BCUT2D eigenvalue weighted by Crippen LogP contribution is -2.37. The molecule has 2 aromatic carbocycles. The summed E-state index contributed by atoms with van der Waals surface area (Å²) in [6, 6.07) is 15.7. The molecule has 0 radical (unpaired) electrons. The Hall–Kier alpha value is -3.55. The zero-order valence-corrected chi connectivity index (χ0v) is 16.9. The van der Waals surface area contributed by atoms with Gasteiger partial charge in [-0.2, -0.15) is 0 Å². The van der Waals surface area contributed by atoms with Gasteiger partial charge in [-0.25, -0.2) is 4.99 Å². The van der Waals surface area contributed by atoms with Crippen molar-refractivity contribution in [3.63, 3.8) is 0 Å². The molecule has 1 heterocycles.